The summed E-state index contributed by atoms with van der Waals surface area (Å²) in [6, 6.07) is 2.10. The van der Waals surface area contributed by atoms with Gasteiger partial charge < -0.3 is 15.4 Å². The lowest BCUT2D eigenvalue weighted by Gasteiger charge is -2.40. The summed E-state index contributed by atoms with van der Waals surface area (Å²) in [5.41, 5.74) is 5.52. The molecule has 0 unspecified atom stereocenters. The molecule has 1 aliphatic carbocycles. The molecule has 0 aromatic heterocycles. The van der Waals surface area contributed by atoms with Crippen molar-refractivity contribution in [3.8, 4) is 6.07 Å². The lowest BCUT2D eigenvalue weighted by Crippen LogP contribution is -2.50. The van der Waals surface area contributed by atoms with E-state index in [9.17, 15) is 4.79 Å². The molecule has 1 fully saturated rings. The molecule has 0 radical (unpaired) electrons. The van der Waals surface area contributed by atoms with Crippen molar-refractivity contribution in [3.05, 3.63) is 0 Å². The minimum absolute atomic E-state index is 0.110. The van der Waals surface area contributed by atoms with E-state index in [2.05, 4.69) is 13.0 Å². The predicted octanol–water partition coefficient (Wildman–Crippen LogP) is 1.53. The zero-order valence-corrected chi connectivity index (χ0v) is 12.7. The quantitative estimate of drug-likeness (QED) is 0.767. The molecule has 2 N–H and O–H groups in total. The molecule has 0 aliphatic heterocycles. The second-order valence-corrected chi connectivity index (χ2v) is 5.86. The minimum Gasteiger partial charge on any atom is -0.383 e. The van der Waals surface area contributed by atoms with E-state index in [1.807, 2.05) is 0 Å². The molecule has 0 atom stereocenters. The first-order valence-corrected chi connectivity index (χ1v) is 7.45. The van der Waals surface area contributed by atoms with Gasteiger partial charge in [0.25, 0.3) is 0 Å². The van der Waals surface area contributed by atoms with Gasteiger partial charge in [0.05, 0.1) is 24.5 Å². The highest BCUT2D eigenvalue weighted by molar-refractivity contribution is 5.83. The largest absolute Gasteiger partial charge is 0.383 e. The summed E-state index contributed by atoms with van der Waals surface area (Å²) in [6.45, 7) is 4.12. The molecule has 0 aromatic carbocycles. The van der Waals surface area contributed by atoms with Gasteiger partial charge in [-0.05, 0) is 31.6 Å². The number of methoxy groups -OCH3 is 1. The van der Waals surface area contributed by atoms with Crippen molar-refractivity contribution in [2.75, 3.05) is 33.4 Å². The fourth-order valence-electron chi connectivity index (χ4n) is 2.86. The Labute approximate surface area is 122 Å². The van der Waals surface area contributed by atoms with Crippen molar-refractivity contribution in [2.24, 2.45) is 17.1 Å². The van der Waals surface area contributed by atoms with Crippen molar-refractivity contribution in [2.45, 2.75) is 39.0 Å². The van der Waals surface area contributed by atoms with Gasteiger partial charge in [0.15, 0.2) is 0 Å². The molecular weight excluding hydrogens is 254 g/mol. The molecule has 20 heavy (non-hydrogen) atoms. The van der Waals surface area contributed by atoms with Gasteiger partial charge in [-0.15, -0.1) is 0 Å². The molecule has 114 valence electrons. The molecule has 0 spiro atoms. The van der Waals surface area contributed by atoms with E-state index < -0.39 is 5.41 Å². The molecule has 0 saturated heterocycles. The number of hydrogen-bond donors (Lipinski definition) is 1. The third kappa shape index (κ3) is 4.19. The highest BCUT2D eigenvalue weighted by Gasteiger charge is 2.41. The number of carbonyl (C=O) groups is 1. The Kier molecular flexibility index (Phi) is 6.97. The summed E-state index contributed by atoms with van der Waals surface area (Å²) < 4.78 is 5.07. The second-order valence-electron chi connectivity index (χ2n) is 5.86. The van der Waals surface area contributed by atoms with E-state index in [1.165, 1.54) is 0 Å². The maximum absolute atomic E-state index is 12.9. The molecule has 1 saturated carbocycles. The van der Waals surface area contributed by atoms with Crippen LogP contribution in [0, 0.1) is 22.7 Å². The van der Waals surface area contributed by atoms with Crippen LogP contribution in [0.2, 0.25) is 0 Å². The van der Waals surface area contributed by atoms with Gasteiger partial charge in [-0.2, -0.15) is 5.26 Å². The van der Waals surface area contributed by atoms with Crippen LogP contribution in [0.4, 0.5) is 0 Å². The third-order valence-electron chi connectivity index (χ3n) is 4.42. The summed E-state index contributed by atoms with van der Waals surface area (Å²) in [5, 5.41) is 8.74. The van der Waals surface area contributed by atoms with E-state index in [0.717, 1.165) is 25.7 Å². The van der Waals surface area contributed by atoms with Gasteiger partial charge in [-0.1, -0.05) is 6.92 Å². The summed E-state index contributed by atoms with van der Waals surface area (Å²) in [4.78, 5) is 14.6. The average molecular weight is 281 g/mol. The Morgan fingerprint density at radius 2 is 2.10 bits per heavy atom. The van der Waals surface area contributed by atoms with Crippen LogP contribution in [-0.2, 0) is 9.53 Å². The fourth-order valence-corrected chi connectivity index (χ4v) is 2.86. The summed E-state index contributed by atoms with van der Waals surface area (Å²) >= 11 is 0. The maximum atomic E-state index is 12.9. The van der Waals surface area contributed by atoms with Crippen molar-refractivity contribution in [1.82, 2.24) is 4.90 Å². The van der Waals surface area contributed by atoms with Crippen molar-refractivity contribution >= 4 is 5.91 Å². The number of amides is 1. The lowest BCUT2D eigenvalue weighted by molar-refractivity contribution is -0.144. The predicted molar refractivity (Wildman–Crippen MR) is 77.8 cm³/mol. The smallest absolute Gasteiger partial charge is 0.230 e. The minimum atomic E-state index is -0.421. The first-order chi connectivity index (χ1) is 9.59. The van der Waals surface area contributed by atoms with Crippen LogP contribution in [0.3, 0.4) is 0 Å². The van der Waals surface area contributed by atoms with Gasteiger partial charge in [-0.3, -0.25) is 4.79 Å². The Balaban J connectivity index is 2.76. The van der Waals surface area contributed by atoms with Crippen LogP contribution in [-0.4, -0.2) is 44.2 Å². The van der Waals surface area contributed by atoms with Crippen molar-refractivity contribution in [1.29, 1.82) is 5.26 Å². The van der Waals surface area contributed by atoms with Crippen LogP contribution < -0.4 is 5.73 Å². The molecule has 5 heteroatoms. The number of ether oxygens (including phenoxy) is 1. The third-order valence-corrected chi connectivity index (χ3v) is 4.42. The molecule has 5 nitrogen and oxygen atoms in total. The zero-order valence-electron chi connectivity index (χ0n) is 12.7. The number of carbonyl (C=O) groups excluding carboxylic acids is 1. The molecule has 1 aliphatic rings. The van der Waals surface area contributed by atoms with Gasteiger partial charge in [0, 0.05) is 26.7 Å². The van der Waals surface area contributed by atoms with Crippen LogP contribution in [0.5, 0.6) is 0 Å². The average Bonchev–Trinajstić information content (AvgIpc) is 2.48. The normalized spacial score (nSPS) is 26.0. The van der Waals surface area contributed by atoms with Crippen molar-refractivity contribution < 1.29 is 9.53 Å². The number of hydrogen-bond acceptors (Lipinski definition) is 4. The zero-order chi connectivity index (χ0) is 15.0. The maximum Gasteiger partial charge on any atom is 0.230 e. The van der Waals surface area contributed by atoms with Crippen LogP contribution >= 0.6 is 0 Å². The van der Waals surface area contributed by atoms with Crippen molar-refractivity contribution in [3.63, 3.8) is 0 Å². The molecule has 0 bridgehead atoms. The van der Waals surface area contributed by atoms with E-state index in [-0.39, 0.29) is 5.91 Å². The number of nitriles is 1. The van der Waals surface area contributed by atoms with E-state index in [0.29, 0.717) is 38.6 Å². The second kappa shape index (κ2) is 8.23. The number of nitrogens with two attached hydrogens (primary N) is 1. The van der Waals surface area contributed by atoms with Crippen LogP contribution in [0.25, 0.3) is 0 Å². The Morgan fingerprint density at radius 1 is 1.45 bits per heavy atom. The number of nitrogens with zero attached hydrogens (tertiary/aromatic N) is 2. The van der Waals surface area contributed by atoms with E-state index >= 15 is 0 Å². The standard InChI is InChI=1S/C15H27N3O2/c1-13-4-6-15(12-17,7-5-13)14(19)18(9-3-8-16)10-11-20-2/h13H,3-7,9-12,17H2,1-2H3. The molecule has 1 amide bonds. The van der Waals surface area contributed by atoms with Gasteiger partial charge in [-0.25, -0.2) is 0 Å². The highest BCUT2D eigenvalue weighted by Crippen LogP contribution is 2.39. The monoisotopic (exact) mass is 281 g/mol. The molecular formula is C15H27N3O2. The van der Waals surface area contributed by atoms with Gasteiger partial charge in [0.1, 0.15) is 0 Å². The fraction of sp³-hybridized carbons (Fsp3) is 0.867. The first-order valence-electron chi connectivity index (χ1n) is 7.45. The van der Waals surface area contributed by atoms with Gasteiger partial charge in [0.2, 0.25) is 5.91 Å². The lowest BCUT2D eigenvalue weighted by atomic mass is 9.70. The van der Waals surface area contributed by atoms with Crippen LogP contribution in [0.1, 0.15) is 39.0 Å². The SMILES string of the molecule is COCCN(CCC#N)C(=O)C1(CN)CCC(C)CC1. The van der Waals surface area contributed by atoms with Gasteiger partial charge >= 0.3 is 0 Å². The van der Waals surface area contributed by atoms with E-state index in [4.69, 9.17) is 15.7 Å². The van der Waals surface area contributed by atoms with E-state index in [1.54, 1.807) is 12.0 Å². The summed E-state index contributed by atoms with van der Waals surface area (Å²) in [7, 11) is 1.62. The van der Waals surface area contributed by atoms with Crippen LogP contribution in [0.15, 0.2) is 0 Å². The molecule has 0 heterocycles. The Hall–Kier alpha value is -1.12. The summed E-state index contributed by atoms with van der Waals surface area (Å²) in [6.07, 6.45) is 4.18. The Morgan fingerprint density at radius 3 is 2.60 bits per heavy atom. The Bertz CT molecular complexity index is 344. The molecule has 0 aromatic rings. The summed E-state index contributed by atoms with van der Waals surface area (Å²) in [5.74, 6) is 0.785. The molecule has 1 rings (SSSR count). The number of rotatable bonds is 7. The topological polar surface area (TPSA) is 79.3 Å². The highest BCUT2D eigenvalue weighted by atomic mass is 16.5. The first kappa shape index (κ1) is 16.9.